The van der Waals surface area contributed by atoms with Crippen LogP contribution in [0.3, 0.4) is 0 Å². The Bertz CT molecular complexity index is 533. The number of nitrogens with two attached hydrogens (primary N) is 1. The first kappa shape index (κ1) is 16.1. The molecule has 0 spiro atoms. The van der Waals surface area contributed by atoms with Crippen LogP contribution < -0.4 is 5.73 Å². The van der Waals surface area contributed by atoms with E-state index >= 15 is 0 Å². The van der Waals surface area contributed by atoms with Crippen LogP contribution in [-0.4, -0.2) is 24.3 Å². The fourth-order valence-electron chi connectivity index (χ4n) is 2.68. The van der Waals surface area contributed by atoms with Gasteiger partial charge in [0.1, 0.15) is 0 Å². The SMILES string of the molecule is CCCCOCCn1cc(CCCCN)c2ccccc21. The molecule has 2 N–H and O–H groups in total. The highest BCUT2D eigenvalue weighted by Crippen LogP contribution is 2.22. The van der Waals surface area contributed by atoms with Crippen molar-refractivity contribution in [2.24, 2.45) is 5.73 Å². The number of benzene rings is 1. The van der Waals surface area contributed by atoms with Gasteiger partial charge in [0.25, 0.3) is 0 Å². The van der Waals surface area contributed by atoms with Crippen molar-refractivity contribution < 1.29 is 4.74 Å². The Morgan fingerprint density at radius 3 is 2.76 bits per heavy atom. The molecule has 0 atom stereocenters. The van der Waals surface area contributed by atoms with Gasteiger partial charge in [-0.2, -0.15) is 0 Å². The zero-order valence-corrected chi connectivity index (χ0v) is 13.2. The Morgan fingerprint density at radius 1 is 1.10 bits per heavy atom. The molecule has 0 aliphatic heterocycles. The third kappa shape index (κ3) is 4.58. The van der Waals surface area contributed by atoms with Crippen molar-refractivity contribution in [3.63, 3.8) is 0 Å². The number of unbranched alkanes of at least 4 members (excludes halogenated alkanes) is 2. The summed E-state index contributed by atoms with van der Waals surface area (Å²) >= 11 is 0. The zero-order valence-electron chi connectivity index (χ0n) is 13.2. The number of para-hydroxylation sites is 1. The summed E-state index contributed by atoms with van der Waals surface area (Å²) in [6.45, 7) is 5.57. The van der Waals surface area contributed by atoms with E-state index < -0.39 is 0 Å². The van der Waals surface area contributed by atoms with Gasteiger partial charge >= 0.3 is 0 Å². The van der Waals surface area contributed by atoms with E-state index in [0.717, 1.165) is 52.0 Å². The fraction of sp³-hybridized carbons (Fsp3) is 0.556. The smallest absolute Gasteiger partial charge is 0.0645 e. The van der Waals surface area contributed by atoms with Crippen molar-refractivity contribution in [3.05, 3.63) is 36.0 Å². The monoisotopic (exact) mass is 288 g/mol. The summed E-state index contributed by atoms with van der Waals surface area (Å²) in [6.07, 6.45) is 8.01. The van der Waals surface area contributed by atoms with Crippen LogP contribution in [-0.2, 0) is 17.7 Å². The van der Waals surface area contributed by atoms with Gasteiger partial charge in [-0.05, 0) is 43.9 Å². The summed E-state index contributed by atoms with van der Waals surface area (Å²) in [6, 6.07) is 8.66. The maximum Gasteiger partial charge on any atom is 0.0645 e. The Morgan fingerprint density at radius 2 is 1.95 bits per heavy atom. The maximum atomic E-state index is 5.70. The second-order valence-electron chi connectivity index (χ2n) is 5.58. The van der Waals surface area contributed by atoms with E-state index in [1.807, 2.05) is 0 Å². The fourth-order valence-corrected chi connectivity index (χ4v) is 2.68. The van der Waals surface area contributed by atoms with Crippen LogP contribution in [0.5, 0.6) is 0 Å². The molecule has 0 bridgehead atoms. The van der Waals surface area contributed by atoms with E-state index in [2.05, 4.69) is 42.0 Å². The predicted molar refractivity (Wildman–Crippen MR) is 89.7 cm³/mol. The molecule has 1 heterocycles. The van der Waals surface area contributed by atoms with E-state index in [9.17, 15) is 0 Å². The number of aromatic nitrogens is 1. The molecule has 0 saturated heterocycles. The Kier molecular flexibility index (Phi) is 6.77. The predicted octanol–water partition coefficient (Wildman–Crippen LogP) is 3.74. The molecule has 3 heteroatoms. The number of nitrogens with zero attached hydrogens (tertiary/aromatic N) is 1. The minimum atomic E-state index is 0.782. The van der Waals surface area contributed by atoms with Crippen LogP contribution >= 0.6 is 0 Å². The number of fused-ring (bicyclic) bond motifs is 1. The minimum Gasteiger partial charge on any atom is -0.380 e. The van der Waals surface area contributed by atoms with Crippen LogP contribution in [0.1, 0.15) is 38.2 Å². The van der Waals surface area contributed by atoms with Crippen LogP contribution in [0.2, 0.25) is 0 Å². The lowest BCUT2D eigenvalue weighted by molar-refractivity contribution is 0.124. The molecule has 0 radical (unpaired) electrons. The van der Waals surface area contributed by atoms with E-state index in [1.54, 1.807) is 0 Å². The van der Waals surface area contributed by atoms with Gasteiger partial charge in [-0.15, -0.1) is 0 Å². The van der Waals surface area contributed by atoms with Gasteiger partial charge < -0.3 is 15.0 Å². The first-order valence-corrected chi connectivity index (χ1v) is 8.21. The van der Waals surface area contributed by atoms with Gasteiger partial charge in [0, 0.05) is 30.3 Å². The standard InChI is InChI=1S/C18H28N2O/c1-2-3-13-21-14-12-20-15-16(8-6-7-11-19)17-9-4-5-10-18(17)20/h4-5,9-10,15H,2-3,6-8,11-14,19H2,1H3. The highest BCUT2D eigenvalue weighted by atomic mass is 16.5. The van der Waals surface area contributed by atoms with Crippen LogP contribution in [0.4, 0.5) is 0 Å². The number of hydrogen-bond donors (Lipinski definition) is 1. The van der Waals surface area contributed by atoms with Crippen LogP contribution in [0, 0.1) is 0 Å². The van der Waals surface area contributed by atoms with E-state index in [-0.39, 0.29) is 0 Å². The molecule has 2 aromatic rings. The van der Waals surface area contributed by atoms with Gasteiger partial charge in [0.2, 0.25) is 0 Å². The molecule has 0 amide bonds. The summed E-state index contributed by atoms with van der Waals surface area (Å²) in [5, 5.41) is 1.38. The van der Waals surface area contributed by atoms with E-state index in [4.69, 9.17) is 10.5 Å². The second-order valence-corrected chi connectivity index (χ2v) is 5.58. The molecule has 0 fully saturated rings. The summed E-state index contributed by atoms with van der Waals surface area (Å²) in [5.41, 5.74) is 8.35. The van der Waals surface area contributed by atoms with Crippen LogP contribution in [0.25, 0.3) is 10.9 Å². The normalized spacial score (nSPS) is 11.3. The minimum absolute atomic E-state index is 0.782. The molecule has 21 heavy (non-hydrogen) atoms. The molecular formula is C18H28N2O. The Balaban J connectivity index is 2.01. The highest BCUT2D eigenvalue weighted by molar-refractivity contribution is 5.83. The van der Waals surface area contributed by atoms with Gasteiger partial charge in [-0.3, -0.25) is 0 Å². The lowest BCUT2D eigenvalue weighted by atomic mass is 10.1. The summed E-state index contributed by atoms with van der Waals surface area (Å²) in [4.78, 5) is 0. The molecule has 0 aliphatic rings. The molecule has 0 unspecified atom stereocenters. The Labute approximate surface area is 128 Å². The first-order chi connectivity index (χ1) is 10.4. The maximum absolute atomic E-state index is 5.70. The molecule has 0 aliphatic carbocycles. The lowest BCUT2D eigenvalue weighted by Gasteiger charge is -2.06. The quantitative estimate of drug-likeness (QED) is 0.677. The zero-order chi connectivity index (χ0) is 14.9. The van der Waals surface area contributed by atoms with Gasteiger partial charge in [-0.1, -0.05) is 31.5 Å². The van der Waals surface area contributed by atoms with Crippen molar-refractivity contribution in [2.45, 2.75) is 45.6 Å². The average Bonchev–Trinajstić information content (AvgIpc) is 2.86. The van der Waals surface area contributed by atoms with Crippen LogP contribution in [0.15, 0.2) is 30.5 Å². The third-order valence-electron chi connectivity index (χ3n) is 3.89. The first-order valence-electron chi connectivity index (χ1n) is 8.21. The number of aryl methyl sites for hydroxylation is 1. The molecule has 3 nitrogen and oxygen atoms in total. The number of rotatable bonds is 10. The highest BCUT2D eigenvalue weighted by Gasteiger charge is 2.07. The van der Waals surface area contributed by atoms with E-state index in [1.165, 1.54) is 22.9 Å². The molecule has 1 aromatic heterocycles. The third-order valence-corrected chi connectivity index (χ3v) is 3.89. The topological polar surface area (TPSA) is 40.2 Å². The Hall–Kier alpha value is -1.32. The van der Waals surface area contributed by atoms with Crippen molar-refractivity contribution in [1.82, 2.24) is 4.57 Å². The largest absolute Gasteiger partial charge is 0.380 e. The molecule has 116 valence electrons. The summed E-state index contributed by atoms with van der Waals surface area (Å²) in [7, 11) is 0. The molecular weight excluding hydrogens is 260 g/mol. The molecule has 1 aromatic carbocycles. The molecule has 0 saturated carbocycles. The summed E-state index contributed by atoms with van der Waals surface area (Å²) < 4.78 is 8.03. The molecule has 2 rings (SSSR count). The number of hydrogen-bond acceptors (Lipinski definition) is 2. The van der Waals surface area contributed by atoms with Gasteiger partial charge in [0.05, 0.1) is 6.61 Å². The number of ether oxygens (including phenoxy) is 1. The van der Waals surface area contributed by atoms with E-state index in [0.29, 0.717) is 0 Å². The van der Waals surface area contributed by atoms with Crippen molar-refractivity contribution in [3.8, 4) is 0 Å². The second kappa shape index (κ2) is 8.85. The lowest BCUT2D eigenvalue weighted by Crippen LogP contribution is -2.05. The average molecular weight is 288 g/mol. The summed E-state index contributed by atoms with van der Waals surface area (Å²) in [5.74, 6) is 0. The van der Waals surface area contributed by atoms with Crippen molar-refractivity contribution in [1.29, 1.82) is 0 Å². The van der Waals surface area contributed by atoms with Gasteiger partial charge in [-0.25, -0.2) is 0 Å². The van der Waals surface area contributed by atoms with Crippen molar-refractivity contribution in [2.75, 3.05) is 19.8 Å². The van der Waals surface area contributed by atoms with Crippen molar-refractivity contribution >= 4 is 10.9 Å². The van der Waals surface area contributed by atoms with Gasteiger partial charge in [0.15, 0.2) is 0 Å².